The van der Waals surface area contributed by atoms with Crippen LogP contribution in [0.25, 0.3) is 11.1 Å². The number of rotatable bonds is 3. The molecule has 0 aliphatic heterocycles. The molecule has 2 aromatic carbocycles. The van der Waals surface area contributed by atoms with Crippen LogP contribution in [0.4, 0.5) is 4.39 Å². The number of benzene rings is 2. The second-order valence-electron chi connectivity index (χ2n) is 4.51. The molecule has 0 atom stereocenters. The van der Waals surface area contributed by atoms with Crippen molar-refractivity contribution in [2.45, 2.75) is 6.54 Å². The summed E-state index contributed by atoms with van der Waals surface area (Å²) in [7, 11) is 0. The molecule has 0 unspecified atom stereocenters. The highest BCUT2D eigenvalue weighted by Gasteiger charge is 2.10. The highest BCUT2D eigenvalue weighted by atomic mass is 19.1. The second kappa shape index (κ2) is 5.24. The summed E-state index contributed by atoms with van der Waals surface area (Å²) in [6.07, 6.45) is 0. The van der Waals surface area contributed by atoms with Gasteiger partial charge in [0.05, 0.1) is 11.1 Å². The summed E-state index contributed by atoms with van der Waals surface area (Å²) in [5, 5.41) is 2.63. The Labute approximate surface area is 118 Å². The number of aromatic amines is 1. The molecular formula is C15H11FN2O3. The molecule has 0 spiro atoms. The van der Waals surface area contributed by atoms with Gasteiger partial charge >= 0.3 is 5.76 Å². The molecular weight excluding hydrogens is 275 g/mol. The molecule has 0 radical (unpaired) electrons. The van der Waals surface area contributed by atoms with Gasteiger partial charge in [0, 0.05) is 6.54 Å². The van der Waals surface area contributed by atoms with Gasteiger partial charge in [-0.05, 0) is 29.8 Å². The molecule has 5 nitrogen and oxygen atoms in total. The Hall–Kier alpha value is -2.89. The fraction of sp³-hybridized carbons (Fsp3) is 0.0667. The molecule has 0 aliphatic carbocycles. The van der Waals surface area contributed by atoms with Crippen molar-refractivity contribution in [1.82, 2.24) is 10.3 Å². The molecule has 21 heavy (non-hydrogen) atoms. The Kier molecular flexibility index (Phi) is 3.27. The summed E-state index contributed by atoms with van der Waals surface area (Å²) in [5.41, 5.74) is 1.77. The van der Waals surface area contributed by atoms with Gasteiger partial charge in [0.15, 0.2) is 5.58 Å². The third kappa shape index (κ3) is 2.69. The molecule has 0 saturated carbocycles. The summed E-state index contributed by atoms with van der Waals surface area (Å²) < 4.78 is 18.3. The number of carbonyl (C=O) groups is 1. The van der Waals surface area contributed by atoms with Crippen LogP contribution in [-0.2, 0) is 6.54 Å². The van der Waals surface area contributed by atoms with Crippen molar-refractivity contribution in [1.29, 1.82) is 0 Å². The number of carbonyl (C=O) groups excluding carboxylic acids is 1. The lowest BCUT2D eigenvalue weighted by Gasteiger charge is -2.06. The van der Waals surface area contributed by atoms with Crippen molar-refractivity contribution >= 4 is 17.0 Å². The number of amides is 1. The molecule has 1 heterocycles. The van der Waals surface area contributed by atoms with Gasteiger partial charge in [-0.3, -0.25) is 9.78 Å². The first-order chi connectivity index (χ1) is 10.1. The van der Waals surface area contributed by atoms with Crippen molar-refractivity contribution in [2.24, 2.45) is 0 Å². The van der Waals surface area contributed by atoms with Crippen LogP contribution >= 0.6 is 0 Å². The lowest BCUT2D eigenvalue weighted by atomic mass is 10.1. The van der Waals surface area contributed by atoms with E-state index in [2.05, 4.69) is 10.3 Å². The lowest BCUT2D eigenvalue weighted by molar-refractivity contribution is 0.0947. The average molecular weight is 286 g/mol. The van der Waals surface area contributed by atoms with E-state index in [0.717, 1.165) is 5.56 Å². The molecule has 0 fully saturated rings. The van der Waals surface area contributed by atoms with Crippen molar-refractivity contribution < 1.29 is 13.6 Å². The van der Waals surface area contributed by atoms with Gasteiger partial charge in [0.1, 0.15) is 5.82 Å². The Bertz CT molecular complexity index is 866. The Morgan fingerprint density at radius 2 is 2.05 bits per heavy atom. The van der Waals surface area contributed by atoms with Crippen molar-refractivity contribution in [3.05, 3.63) is 70.0 Å². The van der Waals surface area contributed by atoms with E-state index in [0.29, 0.717) is 11.1 Å². The summed E-state index contributed by atoms with van der Waals surface area (Å²) in [6.45, 7) is 0.219. The third-order valence-corrected chi connectivity index (χ3v) is 3.05. The van der Waals surface area contributed by atoms with Crippen LogP contribution < -0.4 is 11.1 Å². The van der Waals surface area contributed by atoms with E-state index in [9.17, 15) is 14.0 Å². The zero-order valence-corrected chi connectivity index (χ0v) is 10.9. The van der Waals surface area contributed by atoms with Crippen molar-refractivity contribution in [2.75, 3.05) is 0 Å². The minimum Gasteiger partial charge on any atom is -0.408 e. The second-order valence-corrected chi connectivity index (χ2v) is 4.51. The molecule has 6 heteroatoms. The van der Waals surface area contributed by atoms with Gasteiger partial charge < -0.3 is 9.73 Å². The molecule has 0 bridgehead atoms. The predicted molar refractivity (Wildman–Crippen MR) is 74.4 cm³/mol. The molecule has 3 aromatic rings. The number of hydrogen-bond donors (Lipinski definition) is 2. The van der Waals surface area contributed by atoms with Crippen LogP contribution in [0.2, 0.25) is 0 Å². The number of aromatic nitrogens is 1. The number of hydrogen-bond acceptors (Lipinski definition) is 3. The summed E-state index contributed by atoms with van der Waals surface area (Å²) in [4.78, 5) is 25.5. The molecule has 0 saturated heterocycles. The van der Waals surface area contributed by atoms with Crippen molar-refractivity contribution in [3.8, 4) is 0 Å². The minimum atomic E-state index is -0.565. The van der Waals surface area contributed by atoms with Crippen LogP contribution in [0.3, 0.4) is 0 Å². The number of fused-ring (bicyclic) bond motifs is 1. The summed E-state index contributed by atoms with van der Waals surface area (Å²) in [6, 6.07) is 10.8. The number of halogens is 1. The quantitative estimate of drug-likeness (QED) is 0.775. The number of H-pyrrole nitrogens is 1. The van der Waals surface area contributed by atoms with E-state index in [1.165, 1.54) is 18.2 Å². The fourth-order valence-corrected chi connectivity index (χ4v) is 2.03. The molecule has 1 aromatic heterocycles. The van der Waals surface area contributed by atoms with Crippen LogP contribution in [0.5, 0.6) is 0 Å². The first-order valence-electron chi connectivity index (χ1n) is 6.28. The van der Waals surface area contributed by atoms with E-state index < -0.39 is 17.5 Å². The van der Waals surface area contributed by atoms with E-state index in [1.807, 2.05) is 0 Å². The fourth-order valence-electron chi connectivity index (χ4n) is 2.03. The average Bonchev–Trinajstić information content (AvgIpc) is 2.84. The zero-order valence-electron chi connectivity index (χ0n) is 10.9. The highest BCUT2D eigenvalue weighted by molar-refractivity contribution is 5.94. The monoisotopic (exact) mass is 286 g/mol. The van der Waals surface area contributed by atoms with E-state index in [1.54, 1.807) is 24.3 Å². The highest BCUT2D eigenvalue weighted by Crippen LogP contribution is 2.12. The van der Waals surface area contributed by atoms with Crippen LogP contribution in [0.15, 0.2) is 51.7 Å². The van der Waals surface area contributed by atoms with E-state index in [-0.39, 0.29) is 12.1 Å². The molecule has 2 N–H and O–H groups in total. The van der Waals surface area contributed by atoms with Gasteiger partial charge in [-0.25, -0.2) is 9.18 Å². The first kappa shape index (κ1) is 13.1. The van der Waals surface area contributed by atoms with Gasteiger partial charge in [-0.15, -0.1) is 0 Å². The molecule has 1 amide bonds. The molecule has 0 aliphatic rings. The first-order valence-corrected chi connectivity index (χ1v) is 6.28. The van der Waals surface area contributed by atoms with Crippen LogP contribution in [0.1, 0.15) is 15.9 Å². The standard InChI is InChI=1S/C15H11FN2O3/c16-11-4-2-1-3-10(11)14(19)17-8-9-5-6-13-12(7-9)18-15(20)21-13/h1-7H,8H2,(H,17,19)(H,18,20). The Morgan fingerprint density at radius 3 is 2.86 bits per heavy atom. The maximum absolute atomic E-state index is 13.5. The van der Waals surface area contributed by atoms with Gasteiger partial charge in [-0.1, -0.05) is 18.2 Å². The maximum atomic E-state index is 13.5. The third-order valence-electron chi connectivity index (χ3n) is 3.05. The topological polar surface area (TPSA) is 75.1 Å². The summed E-state index contributed by atoms with van der Waals surface area (Å²) >= 11 is 0. The summed E-state index contributed by atoms with van der Waals surface area (Å²) in [5.74, 6) is -1.59. The van der Waals surface area contributed by atoms with E-state index >= 15 is 0 Å². The lowest BCUT2D eigenvalue weighted by Crippen LogP contribution is -2.23. The van der Waals surface area contributed by atoms with Gasteiger partial charge in [0.25, 0.3) is 5.91 Å². The largest absolute Gasteiger partial charge is 0.417 e. The molecule has 3 rings (SSSR count). The van der Waals surface area contributed by atoms with Gasteiger partial charge in [0.2, 0.25) is 0 Å². The maximum Gasteiger partial charge on any atom is 0.417 e. The molecule has 106 valence electrons. The number of oxazole rings is 1. The Balaban J connectivity index is 1.75. The Morgan fingerprint density at radius 1 is 1.24 bits per heavy atom. The zero-order chi connectivity index (χ0) is 14.8. The normalized spacial score (nSPS) is 10.7. The van der Waals surface area contributed by atoms with Crippen molar-refractivity contribution in [3.63, 3.8) is 0 Å². The predicted octanol–water partition coefficient (Wildman–Crippen LogP) is 2.19. The number of nitrogens with one attached hydrogen (secondary N) is 2. The smallest absolute Gasteiger partial charge is 0.408 e. The minimum absolute atomic E-state index is 0.00436. The SMILES string of the molecule is O=C(NCc1ccc2oc(=O)[nH]c2c1)c1ccccc1F. The van der Waals surface area contributed by atoms with E-state index in [4.69, 9.17) is 4.42 Å². The van der Waals surface area contributed by atoms with Crippen LogP contribution in [-0.4, -0.2) is 10.9 Å². The van der Waals surface area contributed by atoms with Gasteiger partial charge in [-0.2, -0.15) is 0 Å². The van der Waals surface area contributed by atoms with Crippen LogP contribution in [0, 0.1) is 5.82 Å².